The number of esters is 1. The van der Waals surface area contributed by atoms with Crippen LogP contribution in [0.5, 0.6) is 0 Å². The Kier molecular flexibility index (Phi) is 4.98. The standard InChI is InChI=1S/C12H15FO4S/c1-7(2)9-5-11(13)10(12(14)17-3)4-8(9)6-18(15)16/h4-5,7H,6H2,1-3H3,(H,15,16)/p-1. The highest BCUT2D eigenvalue weighted by Crippen LogP contribution is 2.24. The van der Waals surface area contributed by atoms with E-state index in [2.05, 4.69) is 4.74 Å². The fourth-order valence-corrected chi connectivity index (χ4v) is 2.19. The number of hydrogen-bond donors (Lipinski definition) is 0. The summed E-state index contributed by atoms with van der Waals surface area (Å²) in [6.45, 7) is 3.65. The van der Waals surface area contributed by atoms with Crippen LogP contribution in [0.25, 0.3) is 0 Å². The molecule has 0 bridgehead atoms. The summed E-state index contributed by atoms with van der Waals surface area (Å²) in [4.78, 5) is 11.3. The van der Waals surface area contributed by atoms with Gasteiger partial charge in [0.05, 0.1) is 12.7 Å². The molecule has 1 unspecified atom stereocenters. The van der Waals surface area contributed by atoms with Crippen molar-refractivity contribution >= 4 is 17.0 Å². The molecule has 0 aliphatic heterocycles. The number of carbonyl (C=O) groups excluding carboxylic acids is 1. The van der Waals surface area contributed by atoms with Crippen LogP contribution in [0, 0.1) is 5.82 Å². The Balaban J connectivity index is 3.35. The van der Waals surface area contributed by atoms with E-state index in [4.69, 9.17) is 0 Å². The van der Waals surface area contributed by atoms with Gasteiger partial charge in [0, 0.05) is 5.75 Å². The van der Waals surface area contributed by atoms with Crippen LogP contribution in [0.15, 0.2) is 12.1 Å². The van der Waals surface area contributed by atoms with Crippen molar-refractivity contribution in [2.24, 2.45) is 0 Å². The second kappa shape index (κ2) is 6.06. The molecule has 100 valence electrons. The van der Waals surface area contributed by atoms with Crippen molar-refractivity contribution in [2.45, 2.75) is 25.5 Å². The molecule has 0 aliphatic rings. The number of hydrogen-bond acceptors (Lipinski definition) is 4. The molecule has 0 saturated carbocycles. The van der Waals surface area contributed by atoms with E-state index in [1.807, 2.05) is 13.8 Å². The SMILES string of the molecule is COC(=O)c1cc(CS(=O)[O-])c(C(C)C)cc1F. The smallest absolute Gasteiger partial charge is 0.340 e. The van der Waals surface area contributed by atoms with Crippen LogP contribution in [0.2, 0.25) is 0 Å². The van der Waals surface area contributed by atoms with Crippen molar-refractivity contribution in [2.75, 3.05) is 7.11 Å². The number of rotatable bonds is 4. The minimum absolute atomic E-state index is 0.0373. The van der Waals surface area contributed by atoms with Crippen molar-refractivity contribution in [1.82, 2.24) is 0 Å². The average Bonchev–Trinajstić information content (AvgIpc) is 2.29. The maximum atomic E-state index is 13.7. The van der Waals surface area contributed by atoms with E-state index < -0.39 is 22.9 Å². The zero-order chi connectivity index (χ0) is 13.9. The summed E-state index contributed by atoms with van der Waals surface area (Å²) < 4.78 is 39.7. The molecular weight excluding hydrogens is 259 g/mol. The topological polar surface area (TPSA) is 66.4 Å². The van der Waals surface area contributed by atoms with Gasteiger partial charge in [-0.2, -0.15) is 0 Å². The van der Waals surface area contributed by atoms with E-state index >= 15 is 0 Å². The largest absolute Gasteiger partial charge is 0.772 e. The molecule has 0 fully saturated rings. The van der Waals surface area contributed by atoms with E-state index in [0.29, 0.717) is 11.1 Å². The molecule has 6 heteroatoms. The van der Waals surface area contributed by atoms with E-state index in [0.717, 1.165) is 7.11 Å². The summed E-state index contributed by atoms with van der Waals surface area (Å²) in [5, 5.41) is 0. The van der Waals surface area contributed by atoms with Crippen molar-refractivity contribution in [3.05, 3.63) is 34.6 Å². The van der Waals surface area contributed by atoms with E-state index in [1.54, 1.807) is 0 Å². The highest BCUT2D eigenvalue weighted by atomic mass is 32.2. The second-order valence-corrected chi connectivity index (χ2v) is 5.02. The molecule has 0 N–H and O–H groups in total. The summed E-state index contributed by atoms with van der Waals surface area (Å²) in [7, 11) is 1.14. The minimum Gasteiger partial charge on any atom is -0.772 e. The Morgan fingerprint density at radius 2 is 2.11 bits per heavy atom. The number of methoxy groups -OCH3 is 1. The first-order valence-electron chi connectivity index (χ1n) is 5.33. The Morgan fingerprint density at radius 1 is 1.50 bits per heavy atom. The average molecular weight is 273 g/mol. The Labute approximate surface area is 107 Å². The quantitative estimate of drug-likeness (QED) is 0.622. The first-order chi connectivity index (χ1) is 8.36. The lowest BCUT2D eigenvalue weighted by Gasteiger charge is -2.16. The van der Waals surface area contributed by atoms with Gasteiger partial charge in [-0.25, -0.2) is 9.18 Å². The highest BCUT2D eigenvalue weighted by molar-refractivity contribution is 7.78. The monoisotopic (exact) mass is 273 g/mol. The van der Waals surface area contributed by atoms with Crippen molar-refractivity contribution < 1.29 is 22.7 Å². The van der Waals surface area contributed by atoms with Crippen LogP contribution in [0.1, 0.15) is 41.3 Å². The number of halogens is 1. The normalized spacial score (nSPS) is 12.6. The molecule has 18 heavy (non-hydrogen) atoms. The lowest BCUT2D eigenvalue weighted by atomic mass is 9.95. The fourth-order valence-electron chi connectivity index (χ4n) is 1.69. The summed E-state index contributed by atoms with van der Waals surface area (Å²) in [5.74, 6) is -1.81. The zero-order valence-electron chi connectivity index (χ0n) is 10.4. The van der Waals surface area contributed by atoms with Crippen molar-refractivity contribution in [1.29, 1.82) is 0 Å². The molecule has 1 aromatic carbocycles. The molecule has 0 amide bonds. The molecule has 0 aromatic heterocycles. The van der Waals surface area contributed by atoms with Crippen LogP contribution in [0.3, 0.4) is 0 Å². The van der Waals surface area contributed by atoms with Crippen LogP contribution in [-0.4, -0.2) is 21.8 Å². The number of ether oxygens (including phenoxy) is 1. The van der Waals surface area contributed by atoms with Gasteiger partial charge in [0.15, 0.2) is 0 Å². The van der Waals surface area contributed by atoms with Gasteiger partial charge in [0.25, 0.3) is 0 Å². The molecule has 0 heterocycles. The van der Waals surface area contributed by atoms with Gasteiger partial charge in [-0.3, -0.25) is 4.21 Å². The Morgan fingerprint density at radius 3 is 2.56 bits per heavy atom. The number of benzene rings is 1. The third-order valence-corrected chi connectivity index (χ3v) is 3.08. The Hall–Kier alpha value is -1.27. The molecule has 4 nitrogen and oxygen atoms in total. The lowest BCUT2D eigenvalue weighted by Crippen LogP contribution is -2.09. The first-order valence-corrected chi connectivity index (χ1v) is 6.57. The molecule has 0 aliphatic carbocycles. The molecule has 0 saturated heterocycles. The van der Waals surface area contributed by atoms with E-state index in [1.165, 1.54) is 12.1 Å². The minimum atomic E-state index is -2.30. The number of carbonyl (C=O) groups is 1. The Bertz CT molecular complexity index is 485. The van der Waals surface area contributed by atoms with Gasteiger partial charge in [-0.15, -0.1) is 0 Å². The lowest BCUT2D eigenvalue weighted by molar-refractivity contribution is 0.0595. The van der Waals surface area contributed by atoms with Gasteiger partial charge in [-0.1, -0.05) is 24.9 Å². The van der Waals surface area contributed by atoms with Crippen molar-refractivity contribution in [3.63, 3.8) is 0 Å². The molecule has 1 rings (SSSR count). The summed E-state index contributed by atoms with van der Waals surface area (Å²) in [5.41, 5.74) is 0.742. The van der Waals surface area contributed by atoms with Crippen molar-refractivity contribution in [3.8, 4) is 0 Å². The molecular formula is C12H14FO4S-. The summed E-state index contributed by atoms with van der Waals surface area (Å²) >= 11 is -2.30. The van der Waals surface area contributed by atoms with Crippen LogP contribution in [0.4, 0.5) is 4.39 Å². The zero-order valence-corrected chi connectivity index (χ0v) is 11.2. The fraction of sp³-hybridized carbons (Fsp3) is 0.417. The van der Waals surface area contributed by atoms with Gasteiger partial charge in [-0.05, 0) is 29.2 Å². The van der Waals surface area contributed by atoms with Crippen LogP contribution >= 0.6 is 0 Å². The third-order valence-electron chi connectivity index (χ3n) is 2.53. The van der Waals surface area contributed by atoms with Gasteiger partial charge >= 0.3 is 5.97 Å². The third kappa shape index (κ3) is 3.36. The van der Waals surface area contributed by atoms with Gasteiger partial charge in [0.2, 0.25) is 0 Å². The molecule has 0 spiro atoms. The molecule has 1 atom stereocenters. The second-order valence-electron chi connectivity index (χ2n) is 4.13. The first kappa shape index (κ1) is 14.8. The molecule has 1 aromatic rings. The molecule has 0 radical (unpaired) electrons. The summed E-state index contributed by atoms with van der Waals surface area (Å²) in [6.07, 6.45) is 0. The van der Waals surface area contributed by atoms with Gasteiger partial charge < -0.3 is 9.29 Å². The van der Waals surface area contributed by atoms with Crippen LogP contribution < -0.4 is 0 Å². The van der Waals surface area contributed by atoms with E-state index in [9.17, 15) is 17.9 Å². The maximum Gasteiger partial charge on any atom is 0.340 e. The van der Waals surface area contributed by atoms with Crippen LogP contribution in [-0.2, 0) is 21.6 Å². The highest BCUT2D eigenvalue weighted by Gasteiger charge is 2.17. The predicted molar refractivity (Wildman–Crippen MR) is 64.5 cm³/mol. The maximum absolute atomic E-state index is 13.7. The van der Waals surface area contributed by atoms with Gasteiger partial charge in [0.1, 0.15) is 5.82 Å². The summed E-state index contributed by atoms with van der Waals surface area (Å²) in [6, 6.07) is 2.44. The predicted octanol–water partition coefficient (Wildman–Crippen LogP) is 2.11. The van der Waals surface area contributed by atoms with E-state index in [-0.39, 0.29) is 17.2 Å².